The van der Waals surface area contributed by atoms with Crippen molar-refractivity contribution in [1.82, 2.24) is 29.9 Å². The van der Waals surface area contributed by atoms with Crippen LogP contribution in [0.15, 0.2) is 64.1 Å². The number of amides is 4. The first-order valence-electron chi connectivity index (χ1n) is 18.8. The first kappa shape index (κ1) is 35.1. The topological polar surface area (TPSA) is 177 Å². The third-order valence-electron chi connectivity index (χ3n) is 11.7. The molecule has 2 aromatic carbocycles. The molecule has 15 heteroatoms. The lowest BCUT2D eigenvalue weighted by molar-refractivity contribution is -0.136. The molecule has 14 nitrogen and oxygen atoms in total. The molecule has 55 heavy (non-hydrogen) atoms. The monoisotopic (exact) mass is 762 g/mol. The number of nitrogen functional groups attached to an aromatic ring is 1. The van der Waals surface area contributed by atoms with E-state index in [9.17, 15) is 24.0 Å². The van der Waals surface area contributed by atoms with Crippen molar-refractivity contribution >= 4 is 68.8 Å². The molecule has 4 aliphatic heterocycles. The Morgan fingerprint density at radius 3 is 2.36 bits per heavy atom. The van der Waals surface area contributed by atoms with E-state index in [2.05, 4.69) is 25.2 Å². The Hall–Kier alpha value is -5.60. The molecule has 282 valence electrons. The Labute approximate surface area is 320 Å². The molecule has 3 fully saturated rings. The van der Waals surface area contributed by atoms with Gasteiger partial charge < -0.3 is 20.0 Å². The number of carbonyl (C=O) groups is 4. The molecule has 1 atom stereocenters. The third-order valence-corrected chi connectivity index (χ3v) is 12.0. The molecule has 3 N–H and O–H groups in total. The number of nitrogens with one attached hydrogen (secondary N) is 1. The van der Waals surface area contributed by atoms with E-state index in [4.69, 9.17) is 21.8 Å². The average Bonchev–Trinajstić information content (AvgIpc) is 3.74. The Bertz CT molecular complexity index is 2460. The highest BCUT2D eigenvalue weighted by atomic mass is 35.5. The van der Waals surface area contributed by atoms with Crippen LogP contribution < -0.4 is 21.4 Å². The zero-order chi connectivity index (χ0) is 38.0. The van der Waals surface area contributed by atoms with Crippen molar-refractivity contribution in [3.8, 4) is 11.1 Å². The van der Waals surface area contributed by atoms with Gasteiger partial charge in [-0.1, -0.05) is 17.7 Å². The summed E-state index contributed by atoms with van der Waals surface area (Å²) in [5.74, 6) is -0.675. The van der Waals surface area contributed by atoms with Gasteiger partial charge in [0.15, 0.2) is 11.1 Å². The first-order chi connectivity index (χ1) is 26.6. The van der Waals surface area contributed by atoms with E-state index in [0.29, 0.717) is 44.7 Å². The number of aromatic nitrogens is 3. The molecular formula is C40H39ClN8O6. The van der Waals surface area contributed by atoms with Crippen LogP contribution in [-0.2, 0) is 16.1 Å². The quantitative estimate of drug-likeness (QED) is 0.177. The van der Waals surface area contributed by atoms with Crippen molar-refractivity contribution in [2.24, 2.45) is 11.8 Å². The lowest BCUT2D eigenvalue weighted by Gasteiger charge is -2.38. The molecule has 0 saturated carbocycles. The maximum absolute atomic E-state index is 13.3. The number of piperidine rings is 3. The molecule has 4 aliphatic rings. The SMILES string of the molecule is Nc1nc2c(=O)c3c(Cl)cccc3oc2cc1-c1cnn(CC2CCN(CC3CCN(c4ccc5c(c4)C(=O)N(C4CCC(=O)NC4=O)C5=O)CC3)CC2)c1. The molecule has 0 aliphatic carbocycles. The predicted octanol–water partition coefficient (Wildman–Crippen LogP) is 4.47. The highest BCUT2D eigenvalue weighted by molar-refractivity contribution is 6.35. The summed E-state index contributed by atoms with van der Waals surface area (Å²) in [5, 5.41) is 7.47. The van der Waals surface area contributed by atoms with E-state index < -0.39 is 29.7 Å². The number of likely N-dealkylation sites (tertiary alicyclic amines) is 1. The fraction of sp³-hybridized carbons (Fsp3) is 0.375. The highest BCUT2D eigenvalue weighted by Gasteiger charge is 2.45. The number of nitrogens with two attached hydrogens (primary N) is 1. The molecule has 7 heterocycles. The molecule has 3 aromatic heterocycles. The summed E-state index contributed by atoms with van der Waals surface area (Å²) in [7, 11) is 0. The number of anilines is 2. The van der Waals surface area contributed by atoms with Gasteiger partial charge in [-0.15, -0.1) is 0 Å². The molecule has 0 radical (unpaired) electrons. The molecule has 5 aromatic rings. The van der Waals surface area contributed by atoms with Crippen molar-refractivity contribution in [2.75, 3.05) is 43.4 Å². The Morgan fingerprint density at radius 2 is 1.58 bits per heavy atom. The van der Waals surface area contributed by atoms with Gasteiger partial charge >= 0.3 is 0 Å². The van der Waals surface area contributed by atoms with Gasteiger partial charge in [-0.3, -0.25) is 38.9 Å². The Morgan fingerprint density at radius 1 is 0.836 bits per heavy atom. The van der Waals surface area contributed by atoms with Crippen molar-refractivity contribution in [3.05, 3.63) is 81.2 Å². The van der Waals surface area contributed by atoms with Crippen LogP contribution in [0.5, 0.6) is 0 Å². The summed E-state index contributed by atoms with van der Waals surface area (Å²) in [4.78, 5) is 73.8. The number of benzene rings is 2. The van der Waals surface area contributed by atoms with Gasteiger partial charge in [0.2, 0.25) is 17.2 Å². The smallest absolute Gasteiger partial charge is 0.262 e. The standard InChI is InChI=1S/C40H39ClN8O6/c41-29-2-1-3-31-34(29)36(51)35-32(55-31)17-27(37(42)45-35)24-18-43-48(21-24)20-23-8-12-46(13-9-23)19-22-10-14-47(15-11-22)25-4-5-26-28(16-25)40(54)49(39(26)53)30-6-7-33(50)44-38(30)52/h1-5,16-18,21-23,30H,6-15,19-20H2,(H2,42,45)(H,44,50,52). The van der Waals surface area contributed by atoms with E-state index in [1.807, 2.05) is 16.9 Å². The van der Waals surface area contributed by atoms with E-state index in [0.717, 1.165) is 81.1 Å². The molecule has 0 bridgehead atoms. The van der Waals surface area contributed by atoms with Crippen molar-refractivity contribution in [1.29, 1.82) is 0 Å². The van der Waals surface area contributed by atoms with E-state index >= 15 is 0 Å². The zero-order valence-corrected chi connectivity index (χ0v) is 30.8. The number of hydrogen-bond donors (Lipinski definition) is 2. The van der Waals surface area contributed by atoms with Crippen LogP contribution in [0.3, 0.4) is 0 Å². The van der Waals surface area contributed by atoms with Crippen molar-refractivity contribution in [2.45, 2.75) is 51.1 Å². The van der Waals surface area contributed by atoms with Crippen LogP contribution in [0.1, 0.15) is 59.2 Å². The van der Waals surface area contributed by atoms with E-state index in [1.54, 1.807) is 42.6 Å². The summed E-state index contributed by atoms with van der Waals surface area (Å²) in [6.45, 7) is 5.62. The number of halogens is 1. The Kier molecular flexibility index (Phi) is 8.89. The number of hydrogen-bond acceptors (Lipinski definition) is 11. The van der Waals surface area contributed by atoms with Gasteiger partial charge in [0.1, 0.15) is 17.4 Å². The van der Waals surface area contributed by atoms with Crippen molar-refractivity contribution < 1.29 is 23.6 Å². The van der Waals surface area contributed by atoms with Gasteiger partial charge in [-0.2, -0.15) is 5.10 Å². The predicted molar refractivity (Wildman–Crippen MR) is 206 cm³/mol. The minimum atomic E-state index is -0.970. The van der Waals surface area contributed by atoms with Crippen LogP contribution in [0, 0.1) is 11.8 Å². The number of imide groups is 2. The minimum Gasteiger partial charge on any atom is -0.454 e. The van der Waals surface area contributed by atoms with Crippen LogP contribution in [0.2, 0.25) is 5.02 Å². The molecule has 4 amide bonds. The summed E-state index contributed by atoms with van der Waals surface area (Å²) >= 11 is 6.27. The van der Waals surface area contributed by atoms with Gasteiger partial charge in [0.05, 0.1) is 27.7 Å². The summed E-state index contributed by atoms with van der Waals surface area (Å²) in [6, 6.07) is 11.2. The first-order valence-corrected chi connectivity index (χ1v) is 19.2. The summed E-state index contributed by atoms with van der Waals surface area (Å²) in [6.07, 6.45) is 8.18. The third kappa shape index (κ3) is 6.42. The summed E-state index contributed by atoms with van der Waals surface area (Å²) < 4.78 is 7.97. The van der Waals surface area contributed by atoms with Crippen LogP contribution in [0.25, 0.3) is 33.2 Å². The fourth-order valence-corrected chi connectivity index (χ4v) is 8.89. The normalized spacial score (nSPS) is 20.2. The van der Waals surface area contributed by atoms with Crippen LogP contribution >= 0.6 is 11.6 Å². The van der Waals surface area contributed by atoms with Crippen LogP contribution in [0.4, 0.5) is 11.5 Å². The maximum atomic E-state index is 13.3. The molecule has 0 spiro atoms. The number of rotatable bonds is 7. The van der Waals surface area contributed by atoms with Gasteiger partial charge in [0, 0.05) is 55.6 Å². The van der Waals surface area contributed by atoms with Gasteiger partial charge in [-0.25, -0.2) is 4.98 Å². The Balaban J connectivity index is 0.771. The maximum Gasteiger partial charge on any atom is 0.262 e. The minimum absolute atomic E-state index is 0.0933. The van der Waals surface area contributed by atoms with Crippen LogP contribution in [-0.4, -0.2) is 87.0 Å². The molecule has 9 rings (SSSR count). The second-order valence-corrected chi connectivity index (χ2v) is 15.5. The lowest BCUT2D eigenvalue weighted by Crippen LogP contribution is -2.54. The molecular weight excluding hydrogens is 724 g/mol. The number of fused-ring (bicyclic) bond motifs is 3. The number of nitrogens with zero attached hydrogens (tertiary/aromatic N) is 6. The van der Waals surface area contributed by atoms with Crippen molar-refractivity contribution in [3.63, 3.8) is 0 Å². The van der Waals surface area contributed by atoms with E-state index in [1.165, 1.54) is 0 Å². The fourth-order valence-electron chi connectivity index (χ4n) is 8.64. The largest absolute Gasteiger partial charge is 0.454 e. The second kappa shape index (κ2) is 13.9. The van der Waals surface area contributed by atoms with E-state index in [-0.39, 0.29) is 35.0 Å². The lowest BCUT2D eigenvalue weighted by atomic mass is 9.92. The zero-order valence-electron chi connectivity index (χ0n) is 30.0. The highest BCUT2D eigenvalue weighted by Crippen LogP contribution is 2.34. The number of carbonyl (C=O) groups excluding carboxylic acids is 4. The van der Waals surface area contributed by atoms with Gasteiger partial charge in [0.25, 0.3) is 11.8 Å². The molecule has 3 saturated heterocycles. The van der Waals surface area contributed by atoms with Gasteiger partial charge in [-0.05, 0) is 93.4 Å². The number of pyridine rings is 1. The summed E-state index contributed by atoms with van der Waals surface area (Å²) in [5.41, 5.74) is 9.87. The average molecular weight is 763 g/mol. The molecule has 1 unspecified atom stereocenters. The second-order valence-electron chi connectivity index (χ2n) is 15.1.